The minimum absolute atomic E-state index is 0. The van der Waals surface area contributed by atoms with Crippen LogP contribution in [-0.2, 0) is 18.6 Å². The molecule has 172 valence electrons. The average molecular weight is 457 g/mol. The molecule has 0 bridgehead atoms. The molecule has 0 amide bonds. The van der Waals surface area contributed by atoms with Crippen molar-refractivity contribution in [3.05, 3.63) is 0 Å². The molecule has 1 aliphatic rings. The molecule has 0 aromatic carbocycles. The molecule has 0 N–H and O–H groups in total. The second-order valence-electron chi connectivity index (χ2n) is 8.18. The summed E-state index contributed by atoms with van der Waals surface area (Å²) in [6, 6.07) is 0. The van der Waals surface area contributed by atoms with Crippen molar-refractivity contribution in [3.8, 4) is 0 Å². The smallest absolute Gasteiger partial charge is 0.770 e. The van der Waals surface area contributed by atoms with Gasteiger partial charge in [-0.25, -0.2) is 4.79 Å². The van der Waals surface area contributed by atoms with E-state index in [1.54, 1.807) is 0 Å². The van der Waals surface area contributed by atoms with E-state index in [2.05, 4.69) is 11.4 Å². The SMILES string of the molecule is CCCCCCCCCCCCCCCCCCOCC1COP(=O)([O-])C(=O)O1.[Na+]. The summed E-state index contributed by atoms with van der Waals surface area (Å²) in [4.78, 5) is 22.2. The van der Waals surface area contributed by atoms with E-state index in [-0.39, 0.29) is 42.8 Å². The Balaban J connectivity index is 0.00000841. The van der Waals surface area contributed by atoms with E-state index in [0.29, 0.717) is 6.61 Å². The standard InChI is InChI=1S/C22H43O6P.Na/c1-2-3-4-5-6-7-8-9-10-11-12-13-14-15-16-17-18-26-19-21-20-27-29(24,25)22(23)28-21;/h21H,2-20H2,1H3,(H,24,25);/q;+1/p-1. The van der Waals surface area contributed by atoms with Crippen molar-refractivity contribution < 1.29 is 57.8 Å². The molecule has 1 saturated heterocycles. The largest absolute Gasteiger partial charge is 1.00 e. The summed E-state index contributed by atoms with van der Waals surface area (Å²) in [7, 11) is -4.46. The molecular weight excluding hydrogens is 414 g/mol. The van der Waals surface area contributed by atoms with E-state index in [0.717, 1.165) is 12.8 Å². The van der Waals surface area contributed by atoms with Crippen molar-refractivity contribution in [1.29, 1.82) is 0 Å². The molecule has 0 aromatic rings. The van der Waals surface area contributed by atoms with Gasteiger partial charge in [-0.3, -0.25) is 4.57 Å². The van der Waals surface area contributed by atoms with Crippen LogP contribution in [0.5, 0.6) is 0 Å². The molecule has 0 spiro atoms. The summed E-state index contributed by atoms with van der Waals surface area (Å²) in [6.45, 7) is 2.90. The van der Waals surface area contributed by atoms with Crippen LogP contribution in [-0.4, -0.2) is 31.6 Å². The Kier molecular flexibility index (Phi) is 20.6. The van der Waals surface area contributed by atoms with Crippen LogP contribution in [0.2, 0.25) is 0 Å². The monoisotopic (exact) mass is 456 g/mol. The fourth-order valence-electron chi connectivity index (χ4n) is 3.52. The van der Waals surface area contributed by atoms with Gasteiger partial charge in [-0.15, -0.1) is 0 Å². The summed E-state index contributed by atoms with van der Waals surface area (Å²) in [5, 5.41) is 0. The van der Waals surface area contributed by atoms with Crippen LogP contribution >= 0.6 is 7.60 Å². The van der Waals surface area contributed by atoms with Crippen molar-refractivity contribution in [2.45, 2.75) is 116 Å². The Morgan fingerprint density at radius 1 is 0.867 bits per heavy atom. The summed E-state index contributed by atoms with van der Waals surface area (Å²) in [5.41, 5.74) is -1.29. The molecule has 0 aliphatic carbocycles. The Labute approximate surface area is 206 Å². The first kappa shape index (κ1) is 30.6. The van der Waals surface area contributed by atoms with Crippen molar-refractivity contribution in [1.82, 2.24) is 0 Å². The van der Waals surface area contributed by atoms with Crippen LogP contribution < -0.4 is 34.5 Å². The summed E-state index contributed by atoms with van der Waals surface area (Å²) in [6.07, 6.45) is 20.6. The van der Waals surface area contributed by atoms with Crippen LogP contribution in [0.3, 0.4) is 0 Å². The molecule has 30 heavy (non-hydrogen) atoms. The van der Waals surface area contributed by atoms with Gasteiger partial charge in [-0.1, -0.05) is 103 Å². The Morgan fingerprint density at radius 2 is 1.30 bits per heavy atom. The number of carbonyl (C=O) groups is 1. The predicted molar refractivity (Wildman–Crippen MR) is 114 cm³/mol. The molecule has 1 fully saturated rings. The molecule has 8 heteroatoms. The molecule has 1 aliphatic heterocycles. The molecule has 6 nitrogen and oxygen atoms in total. The van der Waals surface area contributed by atoms with Crippen molar-refractivity contribution in [2.75, 3.05) is 19.8 Å². The minimum atomic E-state index is -4.46. The maximum absolute atomic E-state index is 11.1. The minimum Gasteiger partial charge on any atom is -0.770 e. The number of hydrogen-bond donors (Lipinski definition) is 0. The second-order valence-corrected chi connectivity index (χ2v) is 9.80. The number of unbranched alkanes of at least 4 members (excludes halogenated alkanes) is 15. The number of carbonyl (C=O) groups excluding carboxylic acids is 1. The van der Waals surface area contributed by atoms with Gasteiger partial charge in [0.1, 0.15) is 6.10 Å². The normalized spacial score (nSPS) is 21.3. The Bertz CT molecular complexity index is 463. The maximum atomic E-state index is 11.1. The zero-order chi connectivity index (χ0) is 21.2. The first-order valence-electron chi connectivity index (χ1n) is 11.8. The van der Waals surface area contributed by atoms with E-state index >= 15 is 0 Å². The number of hydrogen-bond acceptors (Lipinski definition) is 6. The molecular formula is C22H42NaO6P. The van der Waals surface area contributed by atoms with Crippen LogP contribution in [0.25, 0.3) is 0 Å². The van der Waals surface area contributed by atoms with E-state index < -0.39 is 19.4 Å². The number of rotatable bonds is 19. The zero-order valence-electron chi connectivity index (χ0n) is 19.4. The van der Waals surface area contributed by atoms with Gasteiger partial charge >= 0.3 is 35.3 Å². The van der Waals surface area contributed by atoms with Gasteiger partial charge in [0.15, 0.2) is 0 Å². The molecule has 2 atom stereocenters. The molecule has 0 radical (unpaired) electrons. The van der Waals surface area contributed by atoms with Crippen molar-refractivity contribution in [3.63, 3.8) is 0 Å². The summed E-state index contributed by atoms with van der Waals surface area (Å²) < 4.78 is 25.8. The van der Waals surface area contributed by atoms with Gasteiger partial charge in [-0.05, 0) is 6.42 Å². The van der Waals surface area contributed by atoms with Crippen molar-refractivity contribution in [2.24, 2.45) is 0 Å². The van der Waals surface area contributed by atoms with Crippen molar-refractivity contribution >= 4 is 13.3 Å². The molecule has 1 heterocycles. The van der Waals surface area contributed by atoms with Crippen LogP contribution in [0.1, 0.15) is 110 Å². The quantitative estimate of drug-likeness (QED) is 0.168. The van der Waals surface area contributed by atoms with E-state index in [9.17, 15) is 14.3 Å². The van der Waals surface area contributed by atoms with Gasteiger partial charge in [0.2, 0.25) is 7.60 Å². The molecule has 0 aromatic heterocycles. The van der Waals surface area contributed by atoms with Gasteiger partial charge in [0.25, 0.3) is 0 Å². The molecule has 2 unspecified atom stereocenters. The molecule has 0 saturated carbocycles. The third-order valence-electron chi connectivity index (χ3n) is 5.37. The zero-order valence-corrected chi connectivity index (χ0v) is 22.3. The first-order chi connectivity index (χ1) is 14.1. The van der Waals surface area contributed by atoms with Crippen LogP contribution in [0, 0.1) is 0 Å². The summed E-state index contributed by atoms with van der Waals surface area (Å²) in [5.74, 6) is 0. The van der Waals surface area contributed by atoms with E-state index in [4.69, 9.17) is 9.47 Å². The number of cyclic esters (lactones) is 1. The Morgan fingerprint density at radius 3 is 1.73 bits per heavy atom. The Hall–Kier alpha value is 0.580. The van der Waals surface area contributed by atoms with Gasteiger partial charge < -0.3 is 18.9 Å². The average Bonchev–Trinajstić information content (AvgIpc) is 2.70. The fourth-order valence-corrected chi connectivity index (χ4v) is 4.27. The number of ether oxygens (including phenoxy) is 2. The predicted octanol–water partition coefficient (Wildman–Crippen LogP) is 3.36. The topological polar surface area (TPSA) is 84.9 Å². The van der Waals surface area contributed by atoms with Gasteiger partial charge in [0.05, 0.1) is 13.2 Å². The van der Waals surface area contributed by atoms with Crippen LogP contribution in [0.4, 0.5) is 4.79 Å². The molecule has 1 rings (SSSR count). The van der Waals surface area contributed by atoms with E-state index in [1.807, 2.05) is 0 Å². The van der Waals surface area contributed by atoms with E-state index in [1.165, 1.54) is 89.9 Å². The van der Waals surface area contributed by atoms with Gasteiger partial charge in [-0.2, -0.15) is 0 Å². The third kappa shape index (κ3) is 16.2. The van der Waals surface area contributed by atoms with Gasteiger partial charge in [0, 0.05) is 6.61 Å². The fraction of sp³-hybridized carbons (Fsp3) is 0.955. The maximum Gasteiger partial charge on any atom is 1.00 e. The summed E-state index contributed by atoms with van der Waals surface area (Å²) >= 11 is 0. The second kappa shape index (κ2) is 20.2. The van der Waals surface area contributed by atoms with Crippen LogP contribution in [0.15, 0.2) is 0 Å². The first-order valence-corrected chi connectivity index (χ1v) is 13.3. The third-order valence-corrected chi connectivity index (χ3v) is 6.41.